The van der Waals surface area contributed by atoms with E-state index in [4.69, 9.17) is 47.4 Å². The van der Waals surface area contributed by atoms with Crippen LogP contribution >= 0.6 is 30.8 Å². The Morgan fingerprint density at radius 2 is 1.55 bits per heavy atom. The maximum absolute atomic E-state index is 12.5. The number of methoxy groups -OCH3 is 3. The van der Waals surface area contributed by atoms with Gasteiger partial charge in [-0.25, -0.2) is 27.7 Å². The number of carbonyl (C=O) groups is 3. The van der Waals surface area contributed by atoms with Crippen LogP contribution in [0.2, 0.25) is 10.0 Å². The summed E-state index contributed by atoms with van der Waals surface area (Å²) in [6.45, 7) is 0.874. The molecule has 4 aromatic rings. The van der Waals surface area contributed by atoms with Crippen LogP contribution in [0, 0.1) is 10.1 Å². The molecule has 1 atom stereocenters. The average Bonchev–Trinajstić information content (AvgIpc) is 3.20. The van der Waals surface area contributed by atoms with Crippen molar-refractivity contribution >= 4 is 91.2 Å². The first kappa shape index (κ1) is 56.6. The zero-order chi connectivity index (χ0) is 49.0. The maximum atomic E-state index is 12.5. The molecule has 4 rings (SSSR count). The normalized spacial score (nSPS) is 11.6. The number of sulfonamides is 1. The number of ether oxygens (including phenoxy) is 4. The Morgan fingerprint density at radius 1 is 0.953 bits per heavy atom. The van der Waals surface area contributed by atoms with E-state index < -0.39 is 73.1 Å². The molecule has 0 saturated carbocycles. The SMILES string of the molecule is CCS(=O)(=O)c1cccnc1S(=O)(=O)NC(=O)Nc1nc(OC)cc(OC)n1.COC(=O)c1cc(Oc2ccc(Cl)cc2Cl)ccc1[N+](=O)[O-].C[S+](C)C.O=C(O)CNCP(=O)([O-])O. The van der Waals surface area contributed by atoms with Crippen LogP contribution in [-0.4, -0.2) is 123 Å². The maximum Gasteiger partial charge on any atom is 0.345 e. The van der Waals surface area contributed by atoms with Crippen LogP contribution in [0.1, 0.15) is 17.3 Å². The number of amides is 2. The monoisotopic (exact) mass is 1020 g/mol. The first-order valence-corrected chi connectivity index (χ1v) is 25.2. The lowest BCUT2D eigenvalue weighted by Gasteiger charge is -2.14. The van der Waals surface area contributed by atoms with Crippen molar-refractivity contribution in [3.63, 3.8) is 0 Å². The molecule has 2 amide bonds. The van der Waals surface area contributed by atoms with Crippen LogP contribution in [0.4, 0.5) is 16.4 Å². The molecule has 24 nitrogen and oxygen atoms in total. The predicted octanol–water partition coefficient (Wildman–Crippen LogP) is 3.33. The molecule has 0 bridgehead atoms. The number of esters is 1. The van der Waals surface area contributed by atoms with Crippen LogP contribution in [0.5, 0.6) is 23.3 Å². The van der Waals surface area contributed by atoms with Gasteiger partial charge < -0.3 is 38.4 Å². The lowest BCUT2D eigenvalue weighted by molar-refractivity contribution is -0.385. The zero-order valence-electron chi connectivity index (χ0n) is 34.6. The molecule has 0 fully saturated rings. The molecule has 64 heavy (non-hydrogen) atoms. The number of aromatic nitrogens is 3. The van der Waals surface area contributed by atoms with E-state index in [1.165, 1.54) is 51.5 Å². The highest BCUT2D eigenvalue weighted by molar-refractivity contribution is 7.94. The van der Waals surface area contributed by atoms with Crippen molar-refractivity contribution in [2.24, 2.45) is 0 Å². The van der Waals surface area contributed by atoms with Crippen molar-refractivity contribution in [3.05, 3.63) is 86.5 Å². The van der Waals surface area contributed by atoms with E-state index in [1.54, 1.807) is 16.9 Å². The first-order valence-electron chi connectivity index (χ1n) is 17.1. The third-order valence-electron chi connectivity index (χ3n) is 6.54. The lowest BCUT2D eigenvalue weighted by Crippen LogP contribution is -2.36. The number of nitro benzene ring substituents is 1. The summed E-state index contributed by atoms with van der Waals surface area (Å²) >= 11 is 11.8. The summed E-state index contributed by atoms with van der Waals surface area (Å²) in [6.07, 6.45) is 6.97. The molecule has 2 aromatic carbocycles. The highest BCUT2D eigenvalue weighted by Gasteiger charge is 2.29. The minimum Gasteiger partial charge on any atom is -0.778 e. The second kappa shape index (κ2) is 26.4. The highest BCUT2D eigenvalue weighted by Crippen LogP contribution is 2.34. The van der Waals surface area contributed by atoms with Gasteiger partial charge in [0.25, 0.3) is 15.7 Å². The molecule has 2 aromatic heterocycles. The Balaban J connectivity index is 0.000000502. The van der Waals surface area contributed by atoms with Gasteiger partial charge in [0.05, 0.1) is 74.7 Å². The molecule has 0 aliphatic carbocycles. The number of nitrogens with one attached hydrogen (secondary N) is 3. The summed E-state index contributed by atoms with van der Waals surface area (Å²) in [5, 5.41) is 22.9. The van der Waals surface area contributed by atoms with Crippen molar-refractivity contribution < 1.29 is 74.5 Å². The number of hydrogen-bond acceptors (Lipinski definition) is 19. The summed E-state index contributed by atoms with van der Waals surface area (Å²) in [4.78, 5) is 72.5. The van der Waals surface area contributed by atoms with E-state index in [2.05, 4.69) is 43.8 Å². The average molecular weight is 1020 g/mol. The van der Waals surface area contributed by atoms with Crippen LogP contribution in [0.25, 0.3) is 0 Å². The van der Waals surface area contributed by atoms with E-state index in [-0.39, 0.29) is 45.5 Å². The number of carbonyl (C=O) groups excluding carboxylic acids is 2. The van der Waals surface area contributed by atoms with Crippen LogP contribution in [0.3, 0.4) is 0 Å². The van der Waals surface area contributed by atoms with Crippen molar-refractivity contribution in [3.8, 4) is 23.3 Å². The molecule has 0 spiro atoms. The number of halogens is 2. The Hall–Kier alpha value is -5.38. The number of sulfone groups is 1. The van der Waals surface area contributed by atoms with Gasteiger partial charge >= 0.3 is 18.0 Å². The summed E-state index contributed by atoms with van der Waals surface area (Å²) in [7, 11) is -8.42. The molecule has 0 radical (unpaired) electrons. The van der Waals surface area contributed by atoms with Crippen molar-refractivity contribution in [1.29, 1.82) is 0 Å². The smallest absolute Gasteiger partial charge is 0.345 e. The Bertz CT molecular complexity index is 2510. The second-order valence-electron chi connectivity index (χ2n) is 12.0. The number of anilines is 1. The quantitative estimate of drug-likeness (QED) is 0.0375. The molecule has 0 aliphatic rings. The largest absolute Gasteiger partial charge is 0.778 e. The molecular formula is C34H42Cl2N7O17PS3. The number of rotatable bonds is 15. The fraction of sp³-hybridized carbons (Fsp3) is 0.294. The van der Waals surface area contributed by atoms with Gasteiger partial charge in [-0.05, 0) is 47.3 Å². The summed E-state index contributed by atoms with van der Waals surface area (Å²) in [5.41, 5.74) is -0.587. The standard InChI is InChI=1S/C14H9Cl2NO5.C14H17N5O7S2.C3H8NO5P.C3H9S/c1-21-14(18)10-7-9(3-4-12(10)17(19)20)22-13-5-2-8(15)6-11(13)16;1-4-27(21,22)9-6-5-7-15-12(9)28(23,24)19-14(20)18-13-16-10(25-2)8-11(17-13)26-3;5-3(6)1-4-2-10(7,8)9;1-4(2)3/h2-7H,1H3;5-8H,4H2,1-3H3,(H2,16,17,18,19,20);4H,1-2H2,(H,5,6)(H2,7,8,9);1-3H3/q;;;+1/p-1. The second-order valence-corrected chi connectivity index (χ2v) is 20.7. The number of urea groups is 1. The summed E-state index contributed by atoms with van der Waals surface area (Å²) in [6, 6.07) is 10.8. The highest BCUT2D eigenvalue weighted by atomic mass is 35.5. The Morgan fingerprint density at radius 3 is 2.03 bits per heavy atom. The molecule has 352 valence electrons. The molecule has 0 saturated heterocycles. The number of benzene rings is 2. The fourth-order valence-electron chi connectivity index (χ4n) is 3.94. The first-order chi connectivity index (χ1) is 29.7. The number of nitro groups is 1. The summed E-state index contributed by atoms with van der Waals surface area (Å²) < 4.78 is 80.6. The van der Waals surface area contributed by atoms with Crippen LogP contribution in [0.15, 0.2) is 70.7 Å². The number of nitrogens with zero attached hydrogens (tertiary/aromatic N) is 4. The van der Waals surface area contributed by atoms with Crippen molar-refractivity contribution in [2.45, 2.75) is 16.8 Å². The van der Waals surface area contributed by atoms with Crippen molar-refractivity contribution in [2.75, 3.05) is 64.0 Å². The minimum atomic E-state index is -4.61. The Labute approximate surface area is 379 Å². The number of hydrogen-bond donors (Lipinski definition) is 5. The number of carboxylic acid groups (broad SMARTS) is 1. The number of pyridine rings is 1. The van der Waals surface area contributed by atoms with Gasteiger partial charge in [0, 0.05) is 23.4 Å². The molecule has 5 N–H and O–H groups in total. The van der Waals surface area contributed by atoms with Crippen molar-refractivity contribution in [1.82, 2.24) is 25.0 Å². The predicted molar refractivity (Wildman–Crippen MR) is 233 cm³/mol. The Kier molecular flexibility index (Phi) is 23.4. The number of carboxylic acids is 1. The van der Waals surface area contributed by atoms with E-state index in [1.807, 2.05) is 5.32 Å². The van der Waals surface area contributed by atoms with Gasteiger partial charge in [-0.2, -0.15) is 18.4 Å². The van der Waals surface area contributed by atoms with E-state index >= 15 is 0 Å². The summed E-state index contributed by atoms with van der Waals surface area (Å²) in [5.74, 6) is -2.02. The molecule has 2 heterocycles. The molecular weight excluding hydrogens is 976 g/mol. The third kappa shape index (κ3) is 20.4. The van der Waals surface area contributed by atoms with E-state index in [0.717, 1.165) is 25.4 Å². The zero-order valence-corrected chi connectivity index (χ0v) is 39.5. The lowest BCUT2D eigenvalue weighted by atomic mass is 10.1. The van der Waals surface area contributed by atoms with Gasteiger partial charge in [-0.1, -0.05) is 30.1 Å². The minimum absolute atomic E-state index is 0.0612. The van der Waals surface area contributed by atoms with Crippen LogP contribution < -0.4 is 34.5 Å². The van der Waals surface area contributed by atoms with Crippen LogP contribution in [-0.2, 0) is 44.9 Å². The number of aliphatic carboxylic acids is 1. The third-order valence-corrected chi connectivity index (χ3v) is 10.9. The van der Waals surface area contributed by atoms with Gasteiger partial charge in [-0.3, -0.25) is 25.5 Å². The molecule has 0 aliphatic heterocycles. The van der Waals surface area contributed by atoms with Gasteiger partial charge in [0.2, 0.25) is 17.7 Å². The topological polar surface area (TPSA) is 355 Å². The fourth-order valence-corrected chi connectivity index (χ4v) is 7.33. The van der Waals surface area contributed by atoms with E-state index in [9.17, 15) is 50.8 Å². The van der Waals surface area contributed by atoms with E-state index in [0.29, 0.717) is 21.7 Å². The molecule has 30 heteroatoms. The van der Waals surface area contributed by atoms with Gasteiger partial charge in [0.1, 0.15) is 29.6 Å². The van der Waals surface area contributed by atoms with Gasteiger partial charge in [-0.15, -0.1) is 0 Å². The van der Waals surface area contributed by atoms with Gasteiger partial charge in [0.15, 0.2) is 14.9 Å². The molecule has 1 unspecified atom stereocenters.